The van der Waals surface area contributed by atoms with Crippen molar-refractivity contribution >= 4 is 28.0 Å². The summed E-state index contributed by atoms with van der Waals surface area (Å²) in [4.78, 5) is 38.9. The van der Waals surface area contributed by atoms with E-state index in [0.29, 0.717) is 17.5 Å². The van der Waals surface area contributed by atoms with Gasteiger partial charge in [-0.15, -0.1) is 0 Å². The molecule has 0 atom stereocenters. The number of fused-ring (bicyclic) bond motifs is 3. The van der Waals surface area contributed by atoms with Crippen LogP contribution < -0.4 is 16.6 Å². The number of hydrogen-bond acceptors (Lipinski definition) is 4. The Hall–Kier alpha value is -3.68. The van der Waals surface area contributed by atoms with Gasteiger partial charge in [0.1, 0.15) is 23.5 Å². The minimum Gasteiger partial charge on any atom is -0.449 e. The van der Waals surface area contributed by atoms with Gasteiger partial charge >= 0.3 is 11.2 Å². The fourth-order valence-corrected chi connectivity index (χ4v) is 3.42. The molecular weight excluding hydrogens is 389 g/mol. The predicted molar refractivity (Wildman–Crippen MR) is 111 cm³/mol. The van der Waals surface area contributed by atoms with E-state index in [4.69, 9.17) is 4.42 Å². The third-order valence-corrected chi connectivity index (χ3v) is 4.90. The molecule has 0 saturated heterocycles. The van der Waals surface area contributed by atoms with Gasteiger partial charge in [-0.2, -0.15) is 0 Å². The second-order valence-corrected chi connectivity index (χ2v) is 6.97. The maximum absolute atomic E-state index is 13.4. The van der Waals surface area contributed by atoms with E-state index >= 15 is 0 Å². The smallest absolute Gasteiger partial charge is 0.336 e. The van der Waals surface area contributed by atoms with Gasteiger partial charge in [0.15, 0.2) is 0 Å². The van der Waals surface area contributed by atoms with Crippen LogP contribution in [0.3, 0.4) is 0 Å². The zero-order valence-corrected chi connectivity index (χ0v) is 16.4. The highest BCUT2D eigenvalue weighted by Crippen LogP contribution is 2.25. The Kier molecular flexibility index (Phi) is 5.22. The molecule has 0 aliphatic rings. The van der Waals surface area contributed by atoms with Crippen LogP contribution in [0.25, 0.3) is 27.8 Å². The Morgan fingerprint density at radius 3 is 2.57 bits per heavy atom. The molecule has 1 amide bonds. The molecule has 0 bridgehead atoms. The van der Waals surface area contributed by atoms with Crippen LogP contribution in [0.15, 0.2) is 62.5 Å². The first-order chi connectivity index (χ1) is 14.5. The van der Waals surface area contributed by atoms with Crippen molar-refractivity contribution in [3.8, 4) is 5.69 Å². The Balaban J connectivity index is 1.97. The van der Waals surface area contributed by atoms with Gasteiger partial charge in [-0.1, -0.05) is 25.5 Å². The highest BCUT2D eigenvalue weighted by atomic mass is 19.1. The number of halogens is 1. The first-order valence-corrected chi connectivity index (χ1v) is 9.71. The van der Waals surface area contributed by atoms with E-state index in [1.54, 1.807) is 24.3 Å². The van der Waals surface area contributed by atoms with Crippen molar-refractivity contribution in [3.05, 3.63) is 75.2 Å². The summed E-state index contributed by atoms with van der Waals surface area (Å²) in [5.74, 6) is -0.839. The summed E-state index contributed by atoms with van der Waals surface area (Å²) in [7, 11) is 0. The van der Waals surface area contributed by atoms with E-state index in [2.05, 4.69) is 5.32 Å². The number of furan rings is 1. The van der Waals surface area contributed by atoms with Crippen molar-refractivity contribution < 1.29 is 13.6 Å². The van der Waals surface area contributed by atoms with E-state index < -0.39 is 17.1 Å². The molecule has 30 heavy (non-hydrogen) atoms. The number of amides is 1. The number of unbranched alkanes of at least 4 members (excludes halogenated alkanes) is 1. The molecule has 0 aliphatic heterocycles. The summed E-state index contributed by atoms with van der Waals surface area (Å²) >= 11 is 0. The molecule has 2 aromatic heterocycles. The lowest BCUT2D eigenvalue weighted by Gasteiger charge is -2.12. The second-order valence-electron chi connectivity index (χ2n) is 6.97. The molecule has 0 fully saturated rings. The number of nitrogens with one attached hydrogen (secondary N) is 1. The van der Waals surface area contributed by atoms with E-state index in [0.717, 1.165) is 29.5 Å². The summed E-state index contributed by atoms with van der Waals surface area (Å²) in [6.07, 6.45) is 1.74. The highest BCUT2D eigenvalue weighted by molar-refractivity contribution is 6.02. The zero-order chi connectivity index (χ0) is 21.3. The molecule has 0 aliphatic carbocycles. The lowest BCUT2D eigenvalue weighted by Crippen LogP contribution is -2.41. The summed E-state index contributed by atoms with van der Waals surface area (Å²) in [6, 6.07) is 11.9. The Labute approximate surface area is 170 Å². The van der Waals surface area contributed by atoms with Gasteiger partial charge < -0.3 is 9.73 Å². The second kappa shape index (κ2) is 7.98. The summed E-state index contributed by atoms with van der Waals surface area (Å²) in [5, 5.41) is 3.34. The first-order valence-electron chi connectivity index (χ1n) is 9.71. The molecule has 2 aromatic carbocycles. The standard InChI is InChI=1S/C22H20FN3O4/c1-2-3-12-24-18(27)13-25-19-16-6-4-5-7-17(16)30-20(19)21(28)26(22(25)29)15-10-8-14(23)9-11-15/h4-11H,2-3,12-13H2,1H3,(H,24,27). The Bertz CT molecular complexity index is 1350. The van der Waals surface area contributed by atoms with Crippen molar-refractivity contribution in [3.63, 3.8) is 0 Å². The average Bonchev–Trinajstić information content (AvgIpc) is 3.13. The molecular formula is C22H20FN3O4. The monoisotopic (exact) mass is 409 g/mol. The number of nitrogens with zero attached hydrogens (tertiary/aromatic N) is 2. The molecule has 8 heteroatoms. The molecule has 0 unspecified atom stereocenters. The maximum atomic E-state index is 13.4. The van der Waals surface area contributed by atoms with Crippen molar-refractivity contribution in [1.29, 1.82) is 0 Å². The Morgan fingerprint density at radius 1 is 1.10 bits per heavy atom. The summed E-state index contributed by atoms with van der Waals surface area (Å²) < 4.78 is 21.2. The normalized spacial score (nSPS) is 11.3. The van der Waals surface area contributed by atoms with Gasteiger partial charge in [0.25, 0.3) is 0 Å². The molecule has 0 radical (unpaired) electrons. The van der Waals surface area contributed by atoms with Crippen LogP contribution in [0.1, 0.15) is 19.8 Å². The van der Waals surface area contributed by atoms with Gasteiger partial charge in [0.05, 0.1) is 5.69 Å². The molecule has 2 heterocycles. The van der Waals surface area contributed by atoms with Gasteiger partial charge in [0.2, 0.25) is 11.5 Å². The third-order valence-electron chi connectivity index (χ3n) is 4.90. The summed E-state index contributed by atoms with van der Waals surface area (Å²) in [5.41, 5.74) is -0.516. The van der Waals surface area contributed by atoms with Crippen LogP contribution in [0.4, 0.5) is 4.39 Å². The van der Waals surface area contributed by atoms with Crippen LogP contribution in [-0.2, 0) is 11.3 Å². The Morgan fingerprint density at radius 2 is 1.83 bits per heavy atom. The van der Waals surface area contributed by atoms with Gasteiger partial charge in [0, 0.05) is 11.9 Å². The quantitative estimate of drug-likeness (QED) is 0.496. The molecule has 7 nitrogen and oxygen atoms in total. The number of para-hydroxylation sites is 1. The van der Waals surface area contributed by atoms with Crippen LogP contribution in [-0.4, -0.2) is 21.6 Å². The fraction of sp³-hybridized carbons (Fsp3) is 0.227. The number of benzene rings is 2. The highest BCUT2D eigenvalue weighted by Gasteiger charge is 2.22. The van der Waals surface area contributed by atoms with Crippen LogP contribution in [0, 0.1) is 5.82 Å². The molecule has 4 aromatic rings. The SMILES string of the molecule is CCCCNC(=O)Cn1c(=O)n(-c2ccc(F)cc2)c(=O)c2oc3ccccc3c21. The molecule has 0 spiro atoms. The van der Waals surface area contributed by atoms with Crippen LogP contribution in [0.2, 0.25) is 0 Å². The average molecular weight is 409 g/mol. The largest absolute Gasteiger partial charge is 0.449 e. The third kappa shape index (κ3) is 3.41. The van der Waals surface area contributed by atoms with E-state index in [-0.39, 0.29) is 29.2 Å². The zero-order valence-electron chi connectivity index (χ0n) is 16.4. The first kappa shape index (κ1) is 19.6. The van der Waals surface area contributed by atoms with E-state index in [1.807, 2.05) is 6.92 Å². The maximum Gasteiger partial charge on any atom is 0.336 e. The number of carbonyl (C=O) groups excluding carboxylic acids is 1. The topological polar surface area (TPSA) is 86.2 Å². The van der Waals surface area contributed by atoms with E-state index in [1.165, 1.54) is 16.7 Å². The molecule has 4 rings (SSSR count). The van der Waals surface area contributed by atoms with Crippen molar-refractivity contribution in [2.75, 3.05) is 6.54 Å². The van der Waals surface area contributed by atoms with Crippen LogP contribution in [0.5, 0.6) is 0 Å². The fourth-order valence-electron chi connectivity index (χ4n) is 3.42. The summed E-state index contributed by atoms with van der Waals surface area (Å²) in [6.45, 7) is 2.23. The minimum atomic E-state index is -0.698. The van der Waals surface area contributed by atoms with Crippen LogP contribution >= 0.6 is 0 Å². The van der Waals surface area contributed by atoms with Gasteiger partial charge in [-0.05, 0) is 42.8 Å². The molecule has 154 valence electrons. The minimum absolute atomic E-state index is 0.0403. The van der Waals surface area contributed by atoms with Crippen molar-refractivity contribution in [2.45, 2.75) is 26.3 Å². The van der Waals surface area contributed by atoms with E-state index in [9.17, 15) is 18.8 Å². The molecule has 1 N–H and O–H groups in total. The number of aromatic nitrogens is 2. The van der Waals surface area contributed by atoms with Gasteiger partial charge in [-0.3, -0.25) is 14.2 Å². The lowest BCUT2D eigenvalue weighted by molar-refractivity contribution is -0.121. The number of hydrogen-bond donors (Lipinski definition) is 1. The number of carbonyl (C=O) groups is 1. The lowest BCUT2D eigenvalue weighted by atomic mass is 10.2. The van der Waals surface area contributed by atoms with Gasteiger partial charge in [-0.25, -0.2) is 13.8 Å². The molecule has 0 saturated carbocycles. The van der Waals surface area contributed by atoms with Crippen molar-refractivity contribution in [2.24, 2.45) is 0 Å². The van der Waals surface area contributed by atoms with Crippen molar-refractivity contribution in [1.82, 2.24) is 14.5 Å². The predicted octanol–water partition coefficient (Wildman–Crippen LogP) is 2.95. The number of rotatable bonds is 6.